The summed E-state index contributed by atoms with van der Waals surface area (Å²) in [6.07, 6.45) is 4.28. The molecule has 0 amide bonds. The fourth-order valence-corrected chi connectivity index (χ4v) is 5.13. The maximum Gasteiger partial charge on any atom is 0.173 e. The van der Waals surface area contributed by atoms with Crippen molar-refractivity contribution in [2.24, 2.45) is 16.6 Å². The maximum atomic E-state index is 15.7. The number of pyridine rings is 1. The highest BCUT2D eigenvalue weighted by Crippen LogP contribution is 2.30. The van der Waals surface area contributed by atoms with E-state index in [1.165, 1.54) is 12.1 Å². The van der Waals surface area contributed by atoms with Crippen molar-refractivity contribution in [1.82, 2.24) is 14.7 Å². The van der Waals surface area contributed by atoms with E-state index in [1.54, 1.807) is 23.7 Å². The average Bonchev–Trinajstić information content (AvgIpc) is 3.46. The Morgan fingerprint density at radius 2 is 1.97 bits per heavy atom. The first-order valence-electron chi connectivity index (χ1n) is 12.4. The average molecular weight is 498 g/mol. The van der Waals surface area contributed by atoms with Gasteiger partial charge in [0.15, 0.2) is 11.5 Å². The number of piperazine rings is 1. The number of hydrogen-bond donors (Lipinski definition) is 3. The van der Waals surface area contributed by atoms with Gasteiger partial charge in [-0.15, -0.1) is 0 Å². The molecule has 0 bridgehead atoms. The van der Waals surface area contributed by atoms with Gasteiger partial charge in [0.05, 0.1) is 29.2 Å². The standard InChI is InChI=1S/C26H33F2N7O/c1-15-10-34(11-16(2)31-15)20-7-21(27)24(23(8-20)30-9-18-4-5-36-14-18)25(29)33-19-6-22(28)26-32-17(3)12-35(26)13-19/h6-8,12-13,15-16,18,30-31H,4-5,9-11,14H2,1-3H3,(H2,29,33). The van der Waals surface area contributed by atoms with Crippen LogP contribution in [0.4, 0.5) is 25.8 Å². The number of ether oxygens (including phenoxy) is 1. The Morgan fingerprint density at radius 3 is 2.69 bits per heavy atom. The molecule has 3 aromatic rings. The monoisotopic (exact) mass is 497 g/mol. The lowest BCUT2D eigenvalue weighted by atomic mass is 10.1. The topological polar surface area (TPSA) is 92.2 Å². The Hall–Kier alpha value is -3.24. The van der Waals surface area contributed by atoms with Gasteiger partial charge in [-0.25, -0.2) is 18.8 Å². The van der Waals surface area contributed by atoms with Crippen molar-refractivity contribution >= 4 is 28.5 Å². The van der Waals surface area contributed by atoms with E-state index in [0.29, 0.717) is 30.5 Å². The zero-order chi connectivity index (χ0) is 25.4. The number of amidine groups is 1. The Morgan fingerprint density at radius 1 is 1.19 bits per heavy atom. The molecule has 192 valence electrons. The van der Waals surface area contributed by atoms with Crippen LogP contribution in [-0.4, -0.2) is 60.2 Å². The van der Waals surface area contributed by atoms with Crippen LogP contribution in [0.25, 0.3) is 5.65 Å². The summed E-state index contributed by atoms with van der Waals surface area (Å²) in [7, 11) is 0. The van der Waals surface area contributed by atoms with Gasteiger partial charge >= 0.3 is 0 Å². The van der Waals surface area contributed by atoms with Crippen molar-refractivity contribution in [3.8, 4) is 0 Å². The molecule has 10 heteroatoms. The molecule has 0 aliphatic carbocycles. The minimum Gasteiger partial charge on any atom is -0.384 e. The maximum absolute atomic E-state index is 15.7. The summed E-state index contributed by atoms with van der Waals surface area (Å²) in [5.74, 6) is -0.683. The fourth-order valence-electron chi connectivity index (χ4n) is 5.13. The van der Waals surface area contributed by atoms with Gasteiger partial charge in [-0.05, 0) is 39.3 Å². The van der Waals surface area contributed by atoms with E-state index in [-0.39, 0.29) is 34.8 Å². The lowest BCUT2D eigenvalue weighted by Gasteiger charge is -2.38. The summed E-state index contributed by atoms with van der Waals surface area (Å²) in [6, 6.07) is 5.27. The lowest BCUT2D eigenvalue weighted by molar-refractivity contribution is 0.187. The van der Waals surface area contributed by atoms with E-state index in [2.05, 4.69) is 39.4 Å². The number of halogens is 2. The first kappa shape index (κ1) is 24.5. The molecular formula is C26H33F2N7O. The highest BCUT2D eigenvalue weighted by molar-refractivity contribution is 6.04. The van der Waals surface area contributed by atoms with E-state index in [0.717, 1.165) is 31.8 Å². The second kappa shape index (κ2) is 10.0. The molecule has 1 aromatic carbocycles. The molecule has 0 radical (unpaired) electrons. The number of rotatable bonds is 6. The largest absolute Gasteiger partial charge is 0.384 e. The zero-order valence-electron chi connectivity index (χ0n) is 20.9. The highest BCUT2D eigenvalue weighted by atomic mass is 19.1. The molecule has 4 N–H and O–H groups in total. The van der Waals surface area contributed by atoms with Crippen LogP contribution in [0.1, 0.15) is 31.5 Å². The molecule has 36 heavy (non-hydrogen) atoms. The molecule has 2 aliphatic rings. The Bertz CT molecular complexity index is 1280. The van der Waals surface area contributed by atoms with Crippen LogP contribution >= 0.6 is 0 Å². The first-order valence-corrected chi connectivity index (χ1v) is 12.4. The number of aromatic nitrogens is 2. The normalized spacial score (nSPS) is 23.0. The fraction of sp³-hybridized carbons (Fsp3) is 0.462. The number of benzene rings is 1. The van der Waals surface area contributed by atoms with Gasteiger partial charge in [-0.2, -0.15) is 0 Å². The Labute approximate surface area is 209 Å². The van der Waals surface area contributed by atoms with Gasteiger partial charge in [-0.3, -0.25) is 0 Å². The summed E-state index contributed by atoms with van der Waals surface area (Å²) >= 11 is 0. The predicted octanol–water partition coefficient (Wildman–Crippen LogP) is 3.59. The van der Waals surface area contributed by atoms with Crippen LogP contribution in [0.2, 0.25) is 0 Å². The van der Waals surface area contributed by atoms with Crippen molar-refractivity contribution < 1.29 is 13.5 Å². The van der Waals surface area contributed by atoms with E-state index in [1.807, 2.05) is 6.07 Å². The highest BCUT2D eigenvalue weighted by Gasteiger charge is 2.25. The minimum absolute atomic E-state index is 0.0261. The van der Waals surface area contributed by atoms with E-state index >= 15 is 4.39 Å². The molecule has 8 nitrogen and oxygen atoms in total. The second-order valence-corrected chi connectivity index (χ2v) is 9.99. The zero-order valence-corrected chi connectivity index (χ0v) is 20.9. The SMILES string of the molecule is Cc1cn2cc(N=C(N)c3c(F)cc(N4CC(C)NC(C)C4)cc3NCC3CCOC3)cc(F)c2n1. The third kappa shape index (κ3) is 5.15. The van der Waals surface area contributed by atoms with Crippen LogP contribution in [0, 0.1) is 24.5 Å². The van der Waals surface area contributed by atoms with Gasteiger partial charge in [0.2, 0.25) is 0 Å². The summed E-state index contributed by atoms with van der Waals surface area (Å²) in [6.45, 7) is 9.60. The van der Waals surface area contributed by atoms with Crippen molar-refractivity contribution in [2.45, 2.75) is 39.3 Å². The number of aliphatic imine (C=N–C) groups is 1. The van der Waals surface area contributed by atoms with Crippen LogP contribution < -0.4 is 21.3 Å². The molecule has 0 saturated carbocycles. The molecular weight excluding hydrogens is 464 g/mol. The van der Waals surface area contributed by atoms with Crippen LogP contribution in [0.3, 0.4) is 0 Å². The minimum atomic E-state index is -0.519. The third-order valence-corrected chi connectivity index (χ3v) is 6.72. The van der Waals surface area contributed by atoms with Crippen LogP contribution in [0.5, 0.6) is 0 Å². The van der Waals surface area contributed by atoms with Crippen molar-refractivity contribution in [1.29, 1.82) is 0 Å². The third-order valence-electron chi connectivity index (χ3n) is 6.72. The van der Waals surface area contributed by atoms with Crippen LogP contribution in [0.15, 0.2) is 35.6 Å². The van der Waals surface area contributed by atoms with Crippen molar-refractivity contribution in [2.75, 3.05) is 43.1 Å². The van der Waals surface area contributed by atoms with Crippen molar-refractivity contribution in [3.63, 3.8) is 0 Å². The number of aryl methyl sites for hydroxylation is 1. The quantitative estimate of drug-likeness (QED) is 0.356. The van der Waals surface area contributed by atoms with E-state index < -0.39 is 11.6 Å². The molecule has 2 saturated heterocycles. The van der Waals surface area contributed by atoms with E-state index in [4.69, 9.17) is 10.5 Å². The van der Waals surface area contributed by atoms with Gasteiger partial charge in [-0.1, -0.05) is 0 Å². The number of nitrogens with zero attached hydrogens (tertiary/aromatic N) is 4. The number of imidazole rings is 1. The lowest BCUT2D eigenvalue weighted by Crippen LogP contribution is -2.54. The summed E-state index contributed by atoms with van der Waals surface area (Å²) in [4.78, 5) is 10.7. The number of nitrogens with two attached hydrogens (primary N) is 1. The number of hydrogen-bond acceptors (Lipinski definition) is 6. The number of anilines is 2. The first-order chi connectivity index (χ1) is 17.3. The number of fused-ring (bicyclic) bond motifs is 1. The molecule has 2 aromatic heterocycles. The van der Waals surface area contributed by atoms with E-state index in [9.17, 15) is 4.39 Å². The Kier molecular flexibility index (Phi) is 6.81. The van der Waals surface area contributed by atoms with Gasteiger partial charge in [0, 0.05) is 68.4 Å². The van der Waals surface area contributed by atoms with Gasteiger partial charge in [0.25, 0.3) is 0 Å². The summed E-state index contributed by atoms with van der Waals surface area (Å²) in [5.41, 5.74) is 9.06. The van der Waals surface area contributed by atoms with Gasteiger partial charge in [0.1, 0.15) is 11.7 Å². The smallest absolute Gasteiger partial charge is 0.173 e. The second-order valence-electron chi connectivity index (χ2n) is 9.99. The van der Waals surface area contributed by atoms with Crippen molar-refractivity contribution in [3.05, 3.63) is 53.5 Å². The molecule has 3 atom stereocenters. The molecule has 3 unspecified atom stereocenters. The molecule has 4 heterocycles. The molecule has 2 aliphatic heterocycles. The molecule has 5 rings (SSSR count). The molecule has 0 spiro atoms. The Balaban J connectivity index is 1.51. The van der Waals surface area contributed by atoms with Gasteiger partial charge < -0.3 is 30.4 Å². The predicted molar refractivity (Wildman–Crippen MR) is 138 cm³/mol. The molecule has 2 fully saturated rings. The summed E-state index contributed by atoms with van der Waals surface area (Å²) < 4.78 is 37.3. The number of nitrogens with one attached hydrogen (secondary N) is 2. The summed E-state index contributed by atoms with van der Waals surface area (Å²) in [5, 5.41) is 6.90. The van der Waals surface area contributed by atoms with Crippen LogP contribution in [-0.2, 0) is 4.74 Å².